The topological polar surface area (TPSA) is 90.0 Å². The highest BCUT2D eigenvalue weighted by Crippen LogP contribution is 2.09. The number of carboxylic acid groups (broad SMARTS) is 1. The molecule has 2 aromatic heterocycles. The molecule has 0 fully saturated rings. The minimum absolute atomic E-state index is 0.0621. The number of pyridine rings is 1. The van der Waals surface area contributed by atoms with Crippen LogP contribution in [0.15, 0.2) is 60.2 Å². The number of carbonyl (C=O) groups is 1. The number of carboxylic acids is 1. The smallest absolute Gasteiger partial charge is 0.358 e. The van der Waals surface area contributed by atoms with Crippen molar-refractivity contribution in [3.8, 4) is 0 Å². The number of hydrogen-bond acceptors (Lipinski definition) is 4. The third kappa shape index (κ3) is 3.77. The van der Waals surface area contributed by atoms with Crippen LogP contribution in [0.1, 0.15) is 34.1 Å². The van der Waals surface area contributed by atoms with E-state index in [4.69, 9.17) is 5.11 Å². The van der Waals surface area contributed by atoms with Gasteiger partial charge < -0.3 is 9.67 Å². The molecule has 7 nitrogen and oxygen atoms in total. The Bertz CT molecular complexity index is 1020. The molecule has 3 aromatic rings. The van der Waals surface area contributed by atoms with E-state index in [0.717, 1.165) is 16.7 Å². The van der Waals surface area contributed by atoms with Gasteiger partial charge in [-0.1, -0.05) is 36.1 Å². The second-order valence-electron chi connectivity index (χ2n) is 6.06. The Hall–Kier alpha value is -3.48. The Kier molecular flexibility index (Phi) is 4.79. The van der Waals surface area contributed by atoms with Gasteiger partial charge in [-0.05, 0) is 35.8 Å². The van der Waals surface area contributed by atoms with Crippen LogP contribution in [-0.2, 0) is 13.1 Å². The van der Waals surface area contributed by atoms with E-state index >= 15 is 0 Å². The standard InChI is InChI=1S/C19H18N4O3/c1-13(2)16-4-3-9-22(18(16)24)10-14-5-7-15(8-6-14)11-23-12-17(19(25)26)20-21-23/h3-9,12H,1,10-11H2,2H3,(H,25,26). The fourth-order valence-corrected chi connectivity index (χ4v) is 2.59. The molecule has 0 atom stereocenters. The Labute approximate surface area is 149 Å². The minimum Gasteiger partial charge on any atom is -0.476 e. The zero-order valence-electron chi connectivity index (χ0n) is 14.3. The molecule has 0 aliphatic heterocycles. The molecule has 0 saturated heterocycles. The number of hydrogen-bond donors (Lipinski definition) is 1. The molecule has 3 rings (SSSR count). The lowest BCUT2D eigenvalue weighted by Gasteiger charge is -2.09. The normalized spacial score (nSPS) is 10.7. The van der Waals surface area contributed by atoms with E-state index in [1.807, 2.05) is 37.3 Å². The number of benzene rings is 1. The highest BCUT2D eigenvalue weighted by Gasteiger charge is 2.08. The average Bonchev–Trinajstić information content (AvgIpc) is 3.07. The van der Waals surface area contributed by atoms with Crippen molar-refractivity contribution in [1.82, 2.24) is 19.6 Å². The molecule has 0 bridgehead atoms. The number of nitrogens with zero attached hydrogens (tertiary/aromatic N) is 4. The summed E-state index contributed by atoms with van der Waals surface area (Å²) >= 11 is 0. The number of aromatic nitrogens is 4. The Morgan fingerprint density at radius 2 is 1.81 bits per heavy atom. The van der Waals surface area contributed by atoms with Crippen LogP contribution in [0.4, 0.5) is 0 Å². The second-order valence-corrected chi connectivity index (χ2v) is 6.06. The van der Waals surface area contributed by atoms with Crippen molar-refractivity contribution in [2.75, 3.05) is 0 Å². The maximum Gasteiger partial charge on any atom is 0.358 e. The molecule has 1 N–H and O–H groups in total. The quantitative estimate of drug-likeness (QED) is 0.736. The van der Waals surface area contributed by atoms with Gasteiger partial charge in [0.25, 0.3) is 5.56 Å². The molecule has 2 heterocycles. The van der Waals surface area contributed by atoms with Crippen LogP contribution in [-0.4, -0.2) is 30.6 Å². The molecular weight excluding hydrogens is 332 g/mol. The maximum absolute atomic E-state index is 12.4. The second kappa shape index (κ2) is 7.18. The molecule has 7 heteroatoms. The first kappa shape index (κ1) is 17.3. The molecule has 132 valence electrons. The predicted molar refractivity (Wildman–Crippen MR) is 97.0 cm³/mol. The van der Waals surface area contributed by atoms with E-state index in [1.165, 1.54) is 10.9 Å². The zero-order valence-corrected chi connectivity index (χ0v) is 14.3. The first-order valence-corrected chi connectivity index (χ1v) is 8.00. The van der Waals surface area contributed by atoms with Gasteiger partial charge in [-0.15, -0.1) is 5.10 Å². The van der Waals surface area contributed by atoms with Crippen LogP contribution in [0.25, 0.3) is 5.57 Å². The summed E-state index contributed by atoms with van der Waals surface area (Å²) in [7, 11) is 0. The van der Waals surface area contributed by atoms with Gasteiger partial charge in [0.05, 0.1) is 19.3 Å². The van der Waals surface area contributed by atoms with Crippen molar-refractivity contribution in [2.45, 2.75) is 20.0 Å². The van der Waals surface area contributed by atoms with Crippen LogP contribution >= 0.6 is 0 Å². The third-order valence-electron chi connectivity index (χ3n) is 3.96. The molecule has 0 radical (unpaired) electrons. The maximum atomic E-state index is 12.4. The molecule has 0 unspecified atom stereocenters. The lowest BCUT2D eigenvalue weighted by atomic mass is 10.1. The van der Waals surface area contributed by atoms with Crippen molar-refractivity contribution < 1.29 is 9.90 Å². The molecular formula is C19H18N4O3. The Balaban J connectivity index is 1.74. The van der Waals surface area contributed by atoms with E-state index in [1.54, 1.807) is 16.8 Å². The summed E-state index contributed by atoms with van der Waals surface area (Å²) in [6, 6.07) is 11.3. The van der Waals surface area contributed by atoms with Crippen molar-refractivity contribution in [3.05, 3.63) is 88.1 Å². The van der Waals surface area contributed by atoms with Gasteiger partial charge in [-0.25, -0.2) is 9.48 Å². The molecule has 26 heavy (non-hydrogen) atoms. The van der Waals surface area contributed by atoms with Gasteiger partial charge >= 0.3 is 5.97 Å². The summed E-state index contributed by atoms with van der Waals surface area (Å²) in [5, 5.41) is 16.2. The number of allylic oxidation sites excluding steroid dienone is 1. The average molecular weight is 350 g/mol. The van der Waals surface area contributed by atoms with Gasteiger partial charge in [0.2, 0.25) is 0 Å². The largest absolute Gasteiger partial charge is 0.476 e. The van der Waals surface area contributed by atoms with Crippen molar-refractivity contribution >= 4 is 11.5 Å². The number of aromatic carboxylic acids is 1. The molecule has 0 aliphatic carbocycles. The fraction of sp³-hybridized carbons (Fsp3) is 0.158. The predicted octanol–water partition coefficient (Wildman–Crippen LogP) is 2.27. The van der Waals surface area contributed by atoms with E-state index in [9.17, 15) is 9.59 Å². The fourth-order valence-electron chi connectivity index (χ4n) is 2.59. The van der Waals surface area contributed by atoms with Crippen LogP contribution in [0, 0.1) is 0 Å². The molecule has 0 saturated carbocycles. The van der Waals surface area contributed by atoms with E-state index in [0.29, 0.717) is 18.7 Å². The Morgan fingerprint density at radius 1 is 1.15 bits per heavy atom. The van der Waals surface area contributed by atoms with E-state index in [-0.39, 0.29) is 11.3 Å². The highest BCUT2D eigenvalue weighted by atomic mass is 16.4. The zero-order chi connectivity index (χ0) is 18.7. The molecule has 1 aromatic carbocycles. The van der Waals surface area contributed by atoms with Gasteiger partial charge in [0.1, 0.15) is 0 Å². The molecule has 0 aliphatic rings. The lowest BCUT2D eigenvalue weighted by molar-refractivity contribution is 0.0690. The van der Waals surface area contributed by atoms with Crippen LogP contribution in [0.3, 0.4) is 0 Å². The Morgan fingerprint density at radius 3 is 2.38 bits per heavy atom. The molecule has 0 spiro atoms. The molecule has 0 amide bonds. The van der Waals surface area contributed by atoms with E-state index in [2.05, 4.69) is 16.9 Å². The summed E-state index contributed by atoms with van der Waals surface area (Å²) < 4.78 is 3.12. The van der Waals surface area contributed by atoms with Crippen LogP contribution in [0.5, 0.6) is 0 Å². The number of rotatable bonds is 6. The summed E-state index contributed by atoms with van der Waals surface area (Å²) in [6.45, 7) is 6.54. The van der Waals surface area contributed by atoms with Crippen LogP contribution in [0.2, 0.25) is 0 Å². The summed E-state index contributed by atoms with van der Waals surface area (Å²) in [6.07, 6.45) is 3.14. The first-order chi connectivity index (χ1) is 12.4. The van der Waals surface area contributed by atoms with Gasteiger partial charge in [0.15, 0.2) is 5.69 Å². The van der Waals surface area contributed by atoms with Gasteiger partial charge in [0, 0.05) is 11.8 Å². The van der Waals surface area contributed by atoms with E-state index < -0.39 is 5.97 Å². The lowest BCUT2D eigenvalue weighted by Crippen LogP contribution is -2.22. The van der Waals surface area contributed by atoms with Gasteiger partial charge in [-0.3, -0.25) is 4.79 Å². The summed E-state index contributed by atoms with van der Waals surface area (Å²) in [5.41, 5.74) is 3.15. The summed E-state index contributed by atoms with van der Waals surface area (Å²) in [4.78, 5) is 23.2. The van der Waals surface area contributed by atoms with Crippen molar-refractivity contribution in [2.24, 2.45) is 0 Å². The van der Waals surface area contributed by atoms with Crippen molar-refractivity contribution in [1.29, 1.82) is 0 Å². The minimum atomic E-state index is -1.10. The van der Waals surface area contributed by atoms with Gasteiger partial charge in [-0.2, -0.15) is 0 Å². The summed E-state index contributed by atoms with van der Waals surface area (Å²) in [5.74, 6) is -1.10. The SMILES string of the molecule is C=C(C)c1cccn(Cc2ccc(Cn3cc(C(=O)O)nn3)cc2)c1=O. The van der Waals surface area contributed by atoms with Crippen LogP contribution < -0.4 is 5.56 Å². The monoisotopic (exact) mass is 350 g/mol. The van der Waals surface area contributed by atoms with Crippen molar-refractivity contribution in [3.63, 3.8) is 0 Å². The first-order valence-electron chi connectivity index (χ1n) is 8.00. The highest BCUT2D eigenvalue weighted by molar-refractivity contribution is 5.84. The third-order valence-corrected chi connectivity index (χ3v) is 3.96.